The van der Waals surface area contributed by atoms with E-state index in [-0.39, 0.29) is 18.4 Å². The summed E-state index contributed by atoms with van der Waals surface area (Å²) in [5.41, 5.74) is 2.07. The average Bonchev–Trinajstić information content (AvgIpc) is 3.33. The van der Waals surface area contributed by atoms with Crippen LogP contribution in [0.5, 0.6) is 0 Å². The third kappa shape index (κ3) is 4.34. The van der Waals surface area contributed by atoms with Gasteiger partial charge in [0, 0.05) is 6.20 Å². The molecule has 172 valence electrons. The number of hydrogen-bond acceptors (Lipinski definition) is 6. The molecular weight excluding hydrogens is 422 g/mol. The smallest absolute Gasteiger partial charge is 0.408 e. The predicted molar refractivity (Wildman–Crippen MR) is 120 cm³/mol. The molecule has 0 aliphatic carbocycles. The number of nitrogens with zero attached hydrogens (tertiary/aromatic N) is 2. The molecule has 2 aromatic carbocycles. The summed E-state index contributed by atoms with van der Waals surface area (Å²) in [5, 5.41) is 6.03. The normalized spacial score (nSPS) is 22.2. The Balaban J connectivity index is 1.60. The summed E-state index contributed by atoms with van der Waals surface area (Å²) in [7, 11) is 1.32. The fourth-order valence-corrected chi connectivity index (χ4v) is 4.45. The molecule has 0 bridgehead atoms. The average molecular weight is 450 g/mol. The largest absolute Gasteiger partial charge is 0.466 e. The quantitative estimate of drug-likeness (QED) is 0.682. The Morgan fingerprint density at radius 3 is 2.27 bits per heavy atom. The van der Waals surface area contributed by atoms with E-state index < -0.39 is 30.2 Å². The van der Waals surface area contributed by atoms with Crippen LogP contribution in [0.2, 0.25) is 0 Å². The molecule has 1 N–H and O–H groups in total. The maximum atomic E-state index is 13.4. The molecular formula is C25H27N3O5. The van der Waals surface area contributed by atoms with Gasteiger partial charge in [0.2, 0.25) is 0 Å². The maximum Gasteiger partial charge on any atom is 0.408 e. The zero-order chi connectivity index (χ0) is 23.5. The number of ether oxygens (including phenoxy) is 2. The molecule has 0 saturated carbocycles. The summed E-state index contributed by atoms with van der Waals surface area (Å²) in [6.45, 7) is 4.06. The van der Waals surface area contributed by atoms with Gasteiger partial charge in [0.15, 0.2) is 0 Å². The van der Waals surface area contributed by atoms with Gasteiger partial charge in [-0.25, -0.2) is 14.6 Å². The molecule has 33 heavy (non-hydrogen) atoms. The first-order valence-corrected chi connectivity index (χ1v) is 10.9. The minimum absolute atomic E-state index is 0.0185. The first-order valence-electron chi connectivity index (χ1n) is 10.9. The maximum absolute atomic E-state index is 13.4. The second-order valence-electron chi connectivity index (χ2n) is 8.37. The van der Waals surface area contributed by atoms with Crippen LogP contribution in [0.1, 0.15) is 31.0 Å². The van der Waals surface area contributed by atoms with Crippen molar-refractivity contribution in [2.24, 2.45) is 5.92 Å². The molecule has 2 amide bonds. The molecule has 1 saturated heterocycles. The van der Waals surface area contributed by atoms with Crippen molar-refractivity contribution in [1.29, 1.82) is 0 Å². The topological polar surface area (TPSA) is 88.2 Å². The molecule has 0 aromatic heterocycles. The molecule has 8 heteroatoms. The first-order chi connectivity index (χ1) is 15.9. The number of methoxy groups -OCH3 is 1. The molecule has 4 rings (SSSR count). The molecule has 2 aromatic rings. The van der Waals surface area contributed by atoms with E-state index in [1.54, 1.807) is 0 Å². The van der Waals surface area contributed by atoms with Gasteiger partial charge in [-0.2, -0.15) is 5.01 Å². The van der Waals surface area contributed by atoms with Crippen LogP contribution in [0.3, 0.4) is 0 Å². The minimum atomic E-state index is -0.824. The zero-order valence-corrected chi connectivity index (χ0v) is 18.8. The summed E-state index contributed by atoms with van der Waals surface area (Å²) < 4.78 is 10.3. The molecule has 8 nitrogen and oxygen atoms in total. The van der Waals surface area contributed by atoms with Crippen LogP contribution in [0.4, 0.5) is 4.79 Å². The molecule has 0 spiro atoms. The number of rotatable bonds is 6. The number of benzene rings is 2. The van der Waals surface area contributed by atoms with Gasteiger partial charge in [-0.3, -0.25) is 4.79 Å². The van der Waals surface area contributed by atoms with E-state index in [4.69, 9.17) is 9.47 Å². The highest BCUT2D eigenvalue weighted by molar-refractivity contribution is 5.95. The molecule has 0 unspecified atom stereocenters. The molecule has 3 atom stereocenters. The number of carbonyl (C=O) groups excluding carboxylic acids is 3. The van der Waals surface area contributed by atoms with Crippen molar-refractivity contribution >= 4 is 18.0 Å². The lowest BCUT2D eigenvalue weighted by Gasteiger charge is -2.34. The van der Waals surface area contributed by atoms with Crippen molar-refractivity contribution < 1.29 is 23.9 Å². The highest BCUT2D eigenvalue weighted by Crippen LogP contribution is 2.44. The number of nitrogens with one attached hydrogen (secondary N) is 1. The van der Waals surface area contributed by atoms with Crippen molar-refractivity contribution in [3.63, 3.8) is 0 Å². The Hall–Kier alpha value is -3.65. The van der Waals surface area contributed by atoms with E-state index in [9.17, 15) is 14.4 Å². The van der Waals surface area contributed by atoms with Gasteiger partial charge < -0.3 is 14.8 Å². The zero-order valence-electron chi connectivity index (χ0n) is 18.8. The number of carbonyl (C=O) groups is 3. The van der Waals surface area contributed by atoms with E-state index in [0.29, 0.717) is 5.57 Å². The van der Waals surface area contributed by atoms with Crippen molar-refractivity contribution in [2.45, 2.75) is 38.6 Å². The Morgan fingerprint density at radius 1 is 1.03 bits per heavy atom. The summed E-state index contributed by atoms with van der Waals surface area (Å²) in [6.07, 6.45) is 0.844. The summed E-state index contributed by atoms with van der Waals surface area (Å²) in [6, 6.07) is 17.1. The SMILES string of the molecule is COC(=O)C1=CN2C(=O)[C@H](NC(=O)OCc3ccccc3)[C@@H](C(C)C)N2[C@H]1c1ccccc1. The fourth-order valence-electron chi connectivity index (χ4n) is 4.45. The van der Waals surface area contributed by atoms with Crippen LogP contribution < -0.4 is 5.32 Å². The second kappa shape index (κ2) is 9.46. The molecule has 2 aliphatic heterocycles. The monoisotopic (exact) mass is 449 g/mol. The number of hydrazine groups is 1. The highest BCUT2D eigenvalue weighted by Gasteiger charge is 2.55. The number of amides is 2. The van der Waals surface area contributed by atoms with Crippen LogP contribution in [-0.4, -0.2) is 47.2 Å². The van der Waals surface area contributed by atoms with Crippen molar-refractivity contribution in [2.75, 3.05) is 7.11 Å². The standard InChI is InChI=1S/C25H27N3O5/c1-16(2)21-20(26-25(31)33-15-17-10-6-4-7-11-17)23(29)27-14-19(24(30)32-3)22(28(21)27)18-12-8-5-9-13-18/h4-14,16,20-22H,15H2,1-3H3,(H,26,31)/t20-,21-,22+/m1/s1. The summed E-state index contributed by atoms with van der Waals surface area (Å²) in [5.74, 6) is -0.847. The number of alkyl carbamates (subject to hydrolysis) is 1. The Kier molecular flexibility index (Phi) is 6.46. The van der Waals surface area contributed by atoms with Crippen LogP contribution in [0.25, 0.3) is 0 Å². The fraction of sp³-hybridized carbons (Fsp3) is 0.320. The van der Waals surface area contributed by atoms with E-state index in [1.165, 1.54) is 18.3 Å². The Labute approximate surface area is 192 Å². The van der Waals surface area contributed by atoms with Crippen LogP contribution in [-0.2, 0) is 25.7 Å². The lowest BCUT2D eigenvalue weighted by Crippen LogP contribution is -2.50. The first kappa shape index (κ1) is 22.5. The summed E-state index contributed by atoms with van der Waals surface area (Å²) >= 11 is 0. The molecule has 2 heterocycles. The van der Waals surface area contributed by atoms with Gasteiger partial charge in [0.05, 0.1) is 24.8 Å². The summed E-state index contributed by atoms with van der Waals surface area (Å²) in [4.78, 5) is 38.5. The van der Waals surface area contributed by atoms with E-state index in [2.05, 4.69) is 5.32 Å². The van der Waals surface area contributed by atoms with E-state index in [0.717, 1.165) is 11.1 Å². The van der Waals surface area contributed by atoms with Crippen molar-refractivity contribution in [3.8, 4) is 0 Å². The van der Waals surface area contributed by atoms with Gasteiger partial charge in [-0.15, -0.1) is 0 Å². The van der Waals surface area contributed by atoms with E-state index >= 15 is 0 Å². The van der Waals surface area contributed by atoms with Gasteiger partial charge in [-0.05, 0) is 17.0 Å². The van der Waals surface area contributed by atoms with Crippen LogP contribution in [0, 0.1) is 5.92 Å². The van der Waals surface area contributed by atoms with Gasteiger partial charge in [0.25, 0.3) is 5.91 Å². The van der Waals surface area contributed by atoms with Crippen molar-refractivity contribution in [3.05, 3.63) is 83.6 Å². The van der Waals surface area contributed by atoms with Crippen LogP contribution in [0.15, 0.2) is 72.4 Å². The second-order valence-corrected chi connectivity index (χ2v) is 8.37. The van der Waals surface area contributed by atoms with Gasteiger partial charge >= 0.3 is 12.1 Å². The van der Waals surface area contributed by atoms with E-state index in [1.807, 2.05) is 79.5 Å². The molecule has 0 radical (unpaired) electrons. The highest BCUT2D eigenvalue weighted by atomic mass is 16.5. The lowest BCUT2D eigenvalue weighted by molar-refractivity contribution is -0.138. The molecule has 1 fully saturated rings. The Bertz CT molecular complexity index is 1050. The third-order valence-corrected chi connectivity index (χ3v) is 5.91. The van der Waals surface area contributed by atoms with Gasteiger partial charge in [-0.1, -0.05) is 74.5 Å². The number of hydrogen-bond donors (Lipinski definition) is 1. The third-order valence-electron chi connectivity index (χ3n) is 5.91. The van der Waals surface area contributed by atoms with Gasteiger partial charge in [0.1, 0.15) is 12.6 Å². The predicted octanol–water partition coefficient (Wildman–Crippen LogP) is 3.18. The van der Waals surface area contributed by atoms with Crippen LogP contribution >= 0.6 is 0 Å². The van der Waals surface area contributed by atoms with Crippen molar-refractivity contribution in [1.82, 2.24) is 15.3 Å². The minimum Gasteiger partial charge on any atom is -0.466 e. The Morgan fingerprint density at radius 2 is 1.67 bits per heavy atom. The number of esters is 1. The number of fused-ring (bicyclic) bond motifs is 1. The molecule has 2 aliphatic rings. The lowest BCUT2D eigenvalue weighted by atomic mass is 9.92.